The second kappa shape index (κ2) is 7.33. The molecule has 0 saturated heterocycles. The lowest BCUT2D eigenvalue weighted by molar-refractivity contribution is 0.206. The Morgan fingerprint density at radius 3 is 2.56 bits per heavy atom. The molecule has 1 heterocycles. The molecule has 134 valence electrons. The van der Waals surface area contributed by atoms with Gasteiger partial charge in [0.1, 0.15) is 0 Å². The molecule has 0 unspecified atom stereocenters. The van der Waals surface area contributed by atoms with Crippen LogP contribution in [0.5, 0.6) is 0 Å². The summed E-state index contributed by atoms with van der Waals surface area (Å²) < 4.78 is 14.1. The summed E-state index contributed by atoms with van der Waals surface area (Å²) in [7, 11) is 0. The Bertz CT molecular complexity index is 695. The van der Waals surface area contributed by atoms with Gasteiger partial charge in [-0.15, -0.1) is 0 Å². The quantitative estimate of drug-likeness (QED) is 0.761. The number of nitrogens with one attached hydrogen (secondary N) is 1. The first-order valence-corrected chi connectivity index (χ1v) is 8.93. The fraction of sp³-hybridized carbons (Fsp3) is 0.526. The Balaban J connectivity index is 1.63. The third-order valence-corrected chi connectivity index (χ3v) is 4.51. The first kappa shape index (κ1) is 17.6. The summed E-state index contributed by atoms with van der Waals surface area (Å²) in [5.74, 6) is 1.14. The summed E-state index contributed by atoms with van der Waals surface area (Å²) in [5, 5.41) is 3.37. The van der Waals surface area contributed by atoms with Gasteiger partial charge >= 0.3 is 0 Å². The second-order valence-corrected chi connectivity index (χ2v) is 7.28. The van der Waals surface area contributed by atoms with Gasteiger partial charge in [0.05, 0.1) is 0 Å². The zero-order valence-electron chi connectivity index (χ0n) is 14.9. The number of alkyl halides is 1. The van der Waals surface area contributed by atoms with Gasteiger partial charge in [0.15, 0.2) is 11.5 Å². The minimum absolute atomic E-state index is 0.0528. The number of nitrogens with two attached hydrogens (primary N) is 1. The normalized spacial score (nSPS) is 15.8. The Kier molecular flexibility index (Phi) is 5.16. The van der Waals surface area contributed by atoms with Crippen LogP contribution in [0.25, 0.3) is 0 Å². The molecular formula is C19H26FN5. The lowest BCUT2D eigenvalue weighted by atomic mass is 10.0. The van der Waals surface area contributed by atoms with Crippen molar-refractivity contribution in [1.29, 1.82) is 0 Å². The lowest BCUT2D eigenvalue weighted by Gasteiger charge is -2.20. The third kappa shape index (κ3) is 5.11. The summed E-state index contributed by atoms with van der Waals surface area (Å²) in [4.78, 5) is 12.3. The highest BCUT2D eigenvalue weighted by Gasteiger charge is 2.32. The van der Waals surface area contributed by atoms with Gasteiger partial charge in [-0.2, -0.15) is 15.0 Å². The Morgan fingerprint density at radius 1 is 1.20 bits per heavy atom. The number of anilines is 2. The average Bonchev–Trinajstić information content (AvgIpc) is 3.38. The first-order chi connectivity index (χ1) is 11.9. The van der Waals surface area contributed by atoms with E-state index in [1.165, 1.54) is 32.3 Å². The van der Waals surface area contributed by atoms with Gasteiger partial charge in [0, 0.05) is 6.04 Å². The third-order valence-electron chi connectivity index (χ3n) is 4.51. The van der Waals surface area contributed by atoms with E-state index in [9.17, 15) is 4.39 Å². The second-order valence-electron chi connectivity index (χ2n) is 7.28. The number of nitrogens with zero attached hydrogens (tertiary/aromatic N) is 3. The minimum Gasteiger partial charge on any atom is -0.368 e. The molecule has 0 aliphatic heterocycles. The molecule has 3 rings (SSSR count). The lowest BCUT2D eigenvalue weighted by Crippen LogP contribution is -2.25. The highest BCUT2D eigenvalue weighted by Crippen LogP contribution is 2.36. The van der Waals surface area contributed by atoms with Crippen molar-refractivity contribution in [2.75, 3.05) is 11.1 Å². The van der Waals surface area contributed by atoms with Gasteiger partial charge < -0.3 is 11.1 Å². The molecule has 0 spiro atoms. The van der Waals surface area contributed by atoms with Crippen LogP contribution in [-0.4, -0.2) is 21.0 Å². The van der Waals surface area contributed by atoms with E-state index < -0.39 is 5.67 Å². The summed E-state index contributed by atoms with van der Waals surface area (Å²) in [6.07, 6.45) is 5.59. The van der Waals surface area contributed by atoms with E-state index in [1.807, 2.05) is 6.07 Å². The predicted molar refractivity (Wildman–Crippen MR) is 97.9 cm³/mol. The zero-order chi connectivity index (χ0) is 17.9. The number of aryl methyl sites for hydroxylation is 1. The molecule has 6 heteroatoms. The van der Waals surface area contributed by atoms with Crippen molar-refractivity contribution < 1.29 is 4.39 Å². The van der Waals surface area contributed by atoms with Crippen molar-refractivity contribution in [3.05, 3.63) is 41.7 Å². The van der Waals surface area contributed by atoms with E-state index in [4.69, 9.17) is 5.73 Å². The van der Waals surface area contributed by atoms with Crippen LogP contribution in [0.2, 0.25) is 0 Å². The SMILES string of the molecule is CC(C)(F)c1nc(N)nc(N[C@@H](CCCc2ccccc2)C2CC2)n1. The highest BCUT2D eigenvalue weighted by molar-refractivity contribution is 5.33. The summed E-state index contributed by atoms with van der Waals surface area (Å²) in [5.41, 5.74) is 5.44. The molecule has 1 atom stereocenters. The molecule has 3 N–H and O–H groups in total. The first-order valence-electron chi connectivity index (χ1n) is 8.93. The van der Waals surface area contributed by atoms with Crippen molar-refractivity contribution in [1.82, 2.24) is 15.0 Å². The molecule has 25 heavy (non-hydrogen) atoms. The van der Waals surface area contributed by atoms with Crippen LogP contribution < -0.4 is 11.1 Å². The molecule has 0 radical (unpaired) electrons. The van der Waals surface area contributed by atoms with Gasteiger partial charge in [-0.05, 0) is 57.4 Å². The number of hydrogen-bond acceptors (Lipinski definition) is 5. The Labute approximate surface area is 148 Å². The van der Waals surface area contributed by atoms with Crippen LogP contribution in [0, 0.1) is 5.92 Å². The van der Waals surface area contributed by atoms with Crippen LogP contribution in [0.1, 0.15) is 50.9 Å². The van der Waals surface area contributed by atoms with E-state index in [2.05, 4.69) is 44.5 Å². The van der Waals surface area contributed by atoms with Crippen LogP contribution in [0.15, 0.2) is 30.3 Å². The topological polar surface area (TPSA) is 76.7 Å². The summed E-state index contributed by atoms with van der Waals surface area (Å²) in [6, 6.07) is 10.8. The number of nitrogen functional groups attached to an aromatic ring is 1. The van der Waals surface area contributed by atoms with Crippen molar-refractivity contribution in [3.8, 4) is 0 Å². The van der Waals surface area contributed by atoms with Gasteiger partial charge in [-0.25, -0.2) is 4.39 Å². The van der Waals surface area contributed by atoms with Gasteiger partial charge in [-0.3, -0.25) is 0 Å². The van der Waals surface area contributed by atoms with E-state index in [0.717, 1.165) is 19.3 Å². The molecule has 1 saturated carbocycles. The smallest absolute Gasteiger partial charge is 0.228 e. The number of aromatic nitrogens is 3. The fourth-order valence-electron chi connectivity index (χ4n) is 2.98. The molecule has 1 fully saturated rings. The monoisotopic (exact) mass is 343 g/mol. The van der Waals surface area contributed by atoms with Crippen LogP contribution in [-0.2, 0) is 12.1 Å². The maximum absolute atomic E-state index is 14.1. The van der Waals surface area contributed by atoms with Crippen LogP contribution in [0.4, 0.5) is 16.3 Å². The average molecular weight is 343 g/mol. The van der Waals surface area contributed by atoms with Crippen molar-refractivity contribution in [2.45, 2.75) is 57.7 Å². The molecule has 1 aromatic carbocycles. The molecule has 1 aromatic heterocycles. The predicted octanol–water partition coefficient (Wildman–Crippen LogP) is 3.87. The summed E-state index contributed by atoms with van der Waals surface area (Å²) in [6.45, 7) is 2.84. The van der Waals surface area contributed by atoms with Gasteiger partial charge in [0.2, 0.25) is 11.9 Å². The number of benzene rings is 1. The molecule has 0 amide bonds. The molecule has 5 nitrogen and oxygen atoms in total. The largest absolute Gasteiger partial charge is 0.368 e. The molecule has 1 aliphatic rings. The highest BCUT2D eigenvalue weighted by atomic mass is 19.1. The van der Waals surface area contributed by atoms with Gasteiger partial charge in [-0.1, -0.05) is 30.3 Å². The zero-order valence-corrected chi connectivity index (χ0v) is 14.9. The van der Waals surface area contributed by atoms with Gasteiger partial charge in [0.25, 0.3) is 0 Å². The minimum atomic E-state index is -1.64. The summed E-state index contributed by atoms with van der Waals surface area (Å²) >= 11 is 0. The molecule has 0 bridgehead atoms. The van der Waals surface area contributed by atoms with E-state index in [-0.39, 0.29) is 11.8 Å². The fourth-order valence-corrected chi connectivity index (χ4v) is 2.98. The Morgan fingerprint density at radius 2 is 1.92 bits per heavy atom. The van der Waals surface area contributed by atoms with E-state index >= 15 is 0 Å². The number of rotatable bonds is 8. The van der Waals surface area contributed by atoms with E-state index in [1.54, 1.807) is 0 Å². The number of halogens is 1. The molecular weight excluding hydrogens is 317 g/mol. The molecule has 2 aromatic rings. The Hall–Kier alpha value is -2.24. The van der Waals surface area contributed by atoms with Crippen LogP contribution >= 0.6 is 0 Å². The number of hydrogen-bond donors (Lipinski definition) is 2. The van der Waals surface area contributed by atoms with E-state index in [0.29, 0.717) is 17.9 Å². The van der Waals surface area contributed by atoms with Crippen LogP contribution in [0.3, 0.4) is 0 Å². The molecule has 1 aliphatic carbocycles. The standard InChI is InChI=1S/C19H26FN5/c1-19(2,20)16-23-17(21)25-18(24-16)22-15(14-11-12-14)10-6-9-13-7-4-3-5-8-13/h3-5,7-8,14-15H,6,9-12H2,1-2H3,(H3,21,22,23,24,25)/t15-/m0/s1. The van der Waals surface area contributed by atoms with Crippen molar-refractivity contribution in [2.24, 2.45) is 5.92 Å². The van der Waals surface area contributed by atoms with Crippen molar-refractivity contribution >= 4 is 11.9 Å². The maximum atomic E-state index is 14.1. The van der Waals surface area contributed by atoms with Crippen molar-refractivity contribution in [3.63, 3.8) is 0 Å². The maximum Gasteiger partial charge on any atom is 0.228 e.